The number of rotatable bonds is 7. The van der Waals surface area contributed by atoms with Gasteiger partial charge in [0.15, 0.2) is 0 Å². The highest BCUT2D eigenvalue weighted by Gasteiger charge is 2.13. The lowest BCUT2D eigenvalue weighted by Crippen LogP contribution is -2.18. The molecule has 0 radical (unpaired) electrons. The minimum absolute atomic E-state index is 0.100. The molecular formula is C27H24ClNO3. The second-order valence-electron chi connectivity index (χ2n) is 7.74. The zero-order valence-corrected chi connectivity index (χ0v) is 18.7. The number of hydrogen-bond donors (Lipinski definition) is 2. The van der Waals surface area contributed by atoms with E-state index in [9.17, 15) is 9.90 Å². The summed E-state index contributed by atoms with van der Waals surface area (Å²) in [6.45, 7) is 2.78. The molecule has 0 saturated heterocycles. The molecule has 162 valence electrons. The quantitative estimate of drug-likeness (QED) is 0.331. The summed E-state index contributed by atoms with van der Waals surface area (Å²) in [5.74, 6) is -0.202. The molecular weight excluding hydrogens is 422 g/mol. The summed E-state index contributed by atoms with van der Waals surface area (Å²) in [5.41, 5.74) is 4.16. The second-order valence-corrected chi connectivity index (χ2v) is 8.15. The Kier molecular flexibility index (Phi) is 6.45. The van der Waals surface area contributed by atoms with E-state index in [2.05, 4.69) is 42.6 Å². The molecule has 4 rings (SSSR count). The number of nitrogens with one attached hydrogen (secondary N) is 1. The van der Waals surface area contributed by atoms with Crippen LogP contribution in [0.1, 0.15) is 34.5 Å². The van der Waals surface area contributed by atoms with Gasteiger partial charge in [-0.05, 0) is 76.3 Å². The average Bonchev–Trinajstić information content (AvgIpc) is 2.82. The summed E-state index contributed by atoms with van der Waals surface area (Å²) in [6.07, 6.45) is 0. The Hall–Kier alpha value is -3.34. The highest BCUT2D eigenvalue weighted by Crippen LogP contribution is 2.33. The van der Waals surface area contributed by atoms with Crippen molar-refractivity contribution in [1.82, 2.24) is 5.32 Å². The maximum Gasteiger partial charge on any atom is 0.337 e. The number of hydrogen-bond acceptors (Lipinski definition) is 3. The number of benzene rings is 4. The van der Waals surface area contributed by atoms with E-state index in [1.165, 1.54) is 0 Å². The van der Waals surface area contributed by atoms with Crippen LogP contribution in [0.3, 0.4) is 0 Å². The molecule has 0 heterocycles. The van der Waals surface area contributed by atoms with E-state index in [0.29, 0.717) is 6.54 Å². The Bertz CT molecular complexity index is 1290. The molecule has 0 saturated carbocycles. The monoisotopic (exact) mass is 445 g/mol. The fraction of sp³-hybridized carbons (Fsp3) is 0.148. The van der Waals surface area contributed by atoms with Crippen LogP contribution in [0.25, 0.3) is 21.9 Å². The molecule has 2 N–H and O–H groups in total. The predicted molar refractivity (Wildman–Crippen MR) is 130 cm³/mol. The van der Waals surface area contributed by atoms with Gasteiger partial charge < -0.3 is 15.2 Å². The number of fused-ring (bicyclic) bond motifs is 1. The Morgan fingerprint density at radius 3 is 2.62 bits per heavy atom. The molecule has 0 fully saturated rings. The fourth-order valence-corrected chi connectivity index (χ4v) is 4.07. The van der Waals surface area contributed by atoms with Gasteiger partial charge in [0, 0.05) is 12.6 Å². The second kappa shape index (κ2) is 9.43. The highest BCUT2D eigenvalue weighted by atomic mass is 35.5. The first-order valence-electron chi connectivity index (χ1n) is 10.4. The van der Waals surface area contributed by atoms with E-state index in [-0.39, 0.29) is 16.6 Å². The molecule has 0 aliphatic rings. The van der Waals surface area contributed by atoms with Crippen molar-refractivity contribution >= 4 is 28.3 Å². The molecule has 0 aliphatic carbocycles. The third-order valence-corrected chi connectivity index (χ3v) is 5.97. The number of ether oxygens (including phenoxy) is 1. The zero-order chi connectivity index (χ0) is 22.7. The van der Waals surface area contributed by atoms with Gasteiger partial charge in [0.1, 0.15) is 5.75 Å². The van der Waals surface area contributed by atoms with E-state index in [1.807, 2.05) is 36.4 Å². The number of carboxylic acids is 1. The molecule has 0 spiro atoms. The fourth-order valence-electron chi connectivity index (χ4n) is 3.87. The van der Waals surface area contributed by atoms with Gasteiger partial charge in [-0.2, -0.15) is 0 Å². The first-order chi connectivity index (χ1) is 15.5. The Morgan fingerprint density at radius 2 is 1.84 bits per heavy atom. The van der Waals surface area contributed by atoms with E-state index >= 15 is 0 Å². The maximum atomic E-state index is 11.6. The summed E-state index contributed by atoms with van der Waals surface area (Å²) in [4.78, 5) is 11.6. The van der Waals surface area contributed by atoms with Crippen molar-refractivity contribution in [2.75, 3.05) is 7.11 Å². The summed E-state index contributed by atoms with van der Waals surface area (Å²) < 4.78 is 5.34. The van der Waals surface area contributed by atoms with Crippen LogP contribution in [0.4, 0.5) is 0 Å². The van der Waals surface area contributed by atoms with Gasteiger partial charge in [0.2, 0.25) is 0 Å². The lowest BCUT2D eigenvalue weighted by atomic mass is 9.94. The van der Waals surface area contributed by atoms with E-state index < -0.39 is 5.97 Å². The van der Waals surface area contributed by atoms with Crippen LogP contribution in [-0.4, -0.2) is 18.2 Å². The van der Waals surface area contributed by atoms with Crippen LogP contribution in [-0.2, 0) is 6.54 Å². The summed E-state index contributed by atoms with van der Waals surface area (Å²) in [5, 5.41) is 15.5. The van der Waals surface area contributed by atoms with Crippen LogP contribution >= 0.6 is 11.6 Å². The minimum Gasteiger partial charge on any atom is -0.497 e. The van der Waals surface area contributed by atoms with Crippen molar-refractivity contribution in [2.45, 2.75) is 19.5 Å². The lowest BCUT2D eigenvalue weighted by Gasteiger charge is -2.17. The highest BCUT2D eigenvalue weighted by molar-refractivity contribution is 6.33. The van der Waals surface area contributed by atoms with E-state index in [4.69, 9.17) is 16.3 Å². The number of aromatic carboxylic acids is 1. The van der Waals surface area contributed by atoms with Crippen molar-refractivity contribution in [2.24, 2.45) is 0 Å². The molecule has 4 aromatic carbocycles. The minimum atomic E-state index is -1.04. The molecule has 32 heavy (non-hydrogen) atoms. The SMILES string of the molecule is COc1cccc([C@@H](C)NCc2cc(-c3ccc(Cl)c(C(=O)O)c3)c3ccccc3c2)c1. The summed E-state index contributed by atoms with van der Waals surface area (Å²) in [7, 11) is 1.67. The molecule has 0 aliphatic heterocycles. The largest absolute Gasteiger partial charge is 0.497 e. The first-order valence-corrected chi connectivity index (χ1v) is 10.8. The molecule has 0 unspecified atom stereocenters. The molecule has 4 nitrogen and oxygen atoms in total. The third-order valence-electron chi connectivity index (χ3n) is 5.64. The Morgan fingerprint density at radius 1 is 1.03 bits per heavy atom. The number of halogens is 1. The lowest BCUT2D eigenvalue weighted by molar-refractivity contribution is 0.0697. The van der Waals surface area contributed by atoms with Gasteiger partial charge in [-0.25, -0.2) is 4.79 Å². The maximum absolute atomic E-state index is 11.6. The molecule has 1 atom stereocenters. The van der Waals surface area contributed by atoms with E-state index in [1.54, 1.807) is 19.2 Å². The first kappa shape index (κ1) is 21.9. The molecule has 5 heteroatoms. The molecule has 0 aromatic heterocycles. The summed E-state index contributed by atoms with van der Waals surface area (Å²) >= 11 is 6.09. The van der Waals surface area contributed by atoms with Gasteiger partial charge in [-0.1, -0.05) is 54.1 Å². The predicted octanol–water partition coefficient (Wildman–Crippen LogP) is 6.72. The number of methoxy groups -OCH3 is 1. The summed E-state index contributed by atoms with van der Waals surface area (Å²) in [6, 6.07) is 25.7. The third kappa shape index (κ3) is 4.62. The van der Waals surface area contributed by atoms with Crippen LogP contribution in [0.15, 0.2) is 78.9 Å². The smallest absolute Gasteiger partial charge is 0.337 e. The van der Waals surface area contributed by atoms with Crippen LogP contribution in [0, 0.1) is 0 Å². The van der Waals surface area contributed by atoms with Gasteiger partial charge in [0.25, 0.3) is 0 Å². The van der Waals surface area contributed by atoms with Gasteiger partial charge >= 0.3 is 5.97 Å². The Balaban J connectivity index is 1.68. The standard InChI is InChI=1S/C27H24ClNO3/c1-17(19-7-5-8-22(14-19)32-2)29-16-18-12-20-6-3-4-9-23(20)24(13-18)21-10-11-26(28)25(15-21)27(30)31/h3-15,17,29H,16H2,1-2H3,(H,30,31)/t17-/m1/s1. The van der Waals surface area contributed by atoms with Gasteiger partial charge in [0.05, 0.1) is 17.7 Å². The topological polar surface area (TPSA) is 58.6 Å². The Labute approximate surface area is 192 Å². The van der Waals surface area contributed by atoms with Crippen molar-refractivity contribution < 1.29 is 14.6 Å². The van der Waals surface area contributed by atoms with Gasteiger partial charge in [-0.3, -0.25) is 0 Å². The van der Waals surface area contributed by atoms with Crippen molar-refractivity contribution in [3.63, 3.8) is 0 Å². The van der Waals surface area contributed by atoms with Crippen molar-refractivity contribution in [3.05, 3.63) is 101 Å². The number of carboxylic acid groups (broad SMARTS) is 1. The van der Waals surface area contributed by atoms with Crippen molar-refractivity contribution in [1.29, 1.82) is 0 Å². The average molecular weight is 446 g/mol. The van der Waals surface area contributed by atoms with E-state index in [0.717, 1.165) is 38.8 Å². The molecule has 4 aromatic rings. The normalized spacial score (nSPS) is 12.0. The van der Waals surface area contributed by atoms with Crippen LogP contribution in [0.2, 0.25) is 5.02 Å². The van der Waals surface area contributed by atoms with Crippen LogP contribution < -0.4 is 10.1 Å². The number of carbonyl (C=O) groups is 1. The molecule has 0 bridgehead atoms. The molecule has 0 amide bonds. The van der Waals surface area contributed by atoms with Crippen LogP contribution in [0.5, 0.6) is 5.75 Å². The van der Waals surface area contributed by atoms with Gasteiger partial charge in [-0.15, -0.1) is 0 Å². The zero-order valence-electron chi connectivity index (χ0n) is 17.9. The van der Waals surface area contributed by atoms with Crippen molar-refractivity contribution in [3.8, 4) is 16.9 Å².